The average Bonchev–Trinajstić information content (AvgIpc) is 3.68. The van der Waals surface area contributed by atoms with E-state index in [1.165, 1.54) is 11.0 Å². The van der Waals surface area contributed by atoms with E-state index in [0.29, 0.717) is 76.1 Å². The molecule has 282 valence electrons. The predicted octanol–water partition coefficient (Wildman–Crippen LogP) is 4.87. The first-order valence-corrected chi connectivity index (χ1v) is 18.2. The van der Waals surface area contributed by atoms with E-state index >= 15 is 0 Å². The van der Waals surface area contributed by atoms with Gasteiger partial charge >= 0.3 is 6.18 Å². The van der Waals surface area contributed by atoms with Crippen LogP contribution in [0.1, 0.15) is 71.0 Å². The molecule has 53 heavy (non-hydrogen) atoms. The predicted molar refractivity (Wildman–Crippen MR) is 189 cm³/mol. The second-order valence-corrected chi connectivity index (χ2v) is 14.8. The number of carbonyl (C=O) groups excluding carboxylic acids is 2. The fourth-order valence-electron chi connectivity index (χ4n) is 7.97. The zero-order valence-corrected chi connectivity index (χ0v) is 30.1. The molecule has 7 rings (SSSR count). The number of aryl methyl sites for hydroxylation is 1. The van der Waals surface area contributed by atoms with Crippen molar-refractivity contribution in [1.82, 2.24) is 29.5 Å². The summed E-state index contributed by atoms with van der Waals surface area (Å²) in [7, 11) is 1.86. The molecule has 4 aliphatic rings. The van der Waals surface area contributed by atoms with Gasteiger partial charge in [0, 0.05) is 81.6 Å². The third kappa shape index (κ3) is 7.69. The van der Waals surface area contributed by atoms with Gasteiger partial charge in [0.15, 0.2) is 0 Å². The van der Waals surface area contributed by atoms with E-state index in [0.717, 1.165) is 37.3 Å². The molecular weight excluding hydrogens is 691 g/mol. The zero-order chi connectivity index (χ0) is 37.3. The SMILES string of the molecule is CC1CCCN(Cc2cc3c(c(C(F)(F)F)c2)CN(c2cc(C4(Cc5nncn5C)COC4)cc(N4CCN(C(=O)CCCN=[N+]=[N-])CC4)n2)C3=O)C1. The van der Waals surface area contributed by atoms with Crippen LogP contribution < -0.4 is 9.80 Å². The van der Waals surface area contributed by atoms with Crippen LogP contribution in [0.4, 0.5) is 24.8 Å². The largest absolute Gasteiger partial charge is 0.416 e. The van der Waals surface area contributed by atoms with Crippen molar-refractivity contribution in [2.24, 2.45) is 18.1 Å². The Labute approximate surface area is 305 Å². The fraction of sp³-hybridized carbons (Fsp3) is 0.583. The zero-order valence-electron chi connectivity index (χ0n) is 30.1. The highest BCUT2D eigenvalue weighted by molar-refractivity contribution is 6.10. The smallest absolute Gasteiger partial charge is 0.379 e. The molecule has 1 atom stereocenters. The molecule has 0 radical (unpaired) electrons. The molecule has 0 saturated carbocycles. The van der Waals surface area contributed by atoms with Gasteiger partial charge in [0.05, 0.1) is 25.3 Å². The van der Waals surface area contributed by atoms with Gasteiger partial charge in [-0.2, -0.15) is 13.2 Å². The Hall–Kier alpha value is -4.73. The highest BCUT2D eigenvalue weighted by Crippen LogP contribution is 2.42. The van der Waals surface area contributed by atoms with Gasteiger partial charge in [0.25, 0.3) is 5.91 Å². The number of amides is 2. The Balaban J connectivity index is 1.20. The van der Waals surface area contributed by atoms with E-state index in [1.807, 2.05) is 22.6 Å². The summed E-state index contributed by atoms with van der Waals surface area (Å²) < 4.78 is 51.6. The number of pyridine rings is 1. The van der Waals surface area contributed by atoms with Crippen LogP contribution >= 0.6 is 0 Å². The average molecular weight is 736 g/mol. The molecule has 0 bridgehead atoms. The van der Waals surface area contributed by atoms with Crippen LogP contribution in [-0.2, 0) is 47.7 Å². The van der Waals surface area contributed by atoms with Crippen LogP contribution in [0.25, 0.3) is 10.4 Å². The normalized spacial score (nSPS) is 20.3. The van der Waals surface area contributed by atoms with Crippen molar-refractivity contribution in [2.75, 3.05) is 68.8 Å². The number of piperazine rings is 1. The summed E-state index contributed by atoms with van der Waals surface area (Å²) in [6, 6.07) is 6.61. The van der Waals surface area contributed by atoms with Crippen LogP contribution in [-0.4, -0.2) is 100 Å². The molecule has 6 heterocycles. The molecule has 0 spiro atoms. The monoisotopic (exact) mass is 735 g/mol. The van der Waals surface area contributed by atoms with E-state index in [9.17, 15) is 22.8 Å². The number of piperidine rings is 1. The van der Waals surface area contributed by atoms with Gasteiger partial charge in [-0.1, -0.05) is 12.0 Å². The number of hydrogen-bond acceptors (Lipinski definition) is 9. The van der Waals surface area contributed by atoms with Crippen LogP contribution in [0.5, 0.6) is 0 Å². The van der Waals surface area contributed by atoms with Gasteiger partial charge in [-0.15, -0.1) is 10.2 Å². The summed E-state index contributed by atoms with van der Waals surface area (Å²) in [5.74, 6) is 1.50. The highest BCUT2D eigenvalue weighted by Gasteiger charge is 2.45. The number of azide groups is 1. The van der Waals surface area contributed by atoms with Gasteiger partial charge in [-0.3, -0.25) is 19.4 Å². The van der Waals surface area contributed by atoms with Crippen molar-refractivity contribution in [1.29, 1.82) is 0 Å². The number of aromatic nitrogens is 4. The lowest BCUT2D eigenvalue weighted by molar-refractivity contribution is -0.138. The van der Waals surface area contributed by atoms with Crippen molar-refractivity contribution in [3.05, 3.63) is 74.7 Å². The van der Waals surface area contributed by atoms with Crippen LogP contribution in [0.3, 0.4) is 0 Å². The van der Waals surface area contributed by atoms with Crippen LogP contribution in [0.15, 0.2) is 35.7 Å². The summed E-state index contributed by atoms with van der Waals surface area (Å²) >= 11 is 0. The number of hydrogen-bond donors (Lipinski definition) is 0. The van der Waals surface area contributed by atoms with Gasteiger partial charge in [0.1, 0.15) is 23.8 Å². The van der Waals surface area contributed by atoms with Crippen molar-refractivity contribution in [3.63, 3.8) is 0 Å². The first kappa shape index (κ1) is 36.6. The highest BCUT2D eigenvalue weighted by atomic mass is 19.4. The molecule has 2 amide bonds. The van der Waals surface area contributed by atoms with E-state index in [4.69, 9.17) is 15.3 Å². The van der Waals surface area contributed by atoms with Gasteiger partial charge < -0.3 is 19.1 Å². The second kappa shape index (κ2) is 15.0. The van der Waals surface area contributed by atoms with E-state index in [1.54, 1.807) is 23.4 Å². The molecule has 3 saturated heterocycles. The Kier molecular flexibility index (Phi) is 10.3. The van der Waals surface area contributed by atoms with Crippen molar-refractivity contribution < 1.29 is 27.5 Å². The molecule has 14 nitrogen and oxygen atoms in total. The Bertz CT molecular complexity index is 1900. The van der Waals surface area contributed by atoms with E-state index in [2.05, 4.69) is 32.0 Å². The minimum Gasteiger partial charge on any atom is -0.379 e. The molecule has 1 unspecified atom stereocenters. The molecule has 4 aliphatic heterocycles. The molecule has 0 aliphatic carbocycles. The fourth-order valence-corrected chi connectivity index (χ4v) is 7.97. The summed E-state index contributed by atoms with van der Waals surface area (Å²) in [6.45, 7) is 6.68. The third-order valence-electron chi connectivity index (χ3n) is 11.0. The number of fused-ring (bicyclic) bond motifs is 1. The first-order valence-electron chi connectivity index (χ1n) is 18.2. The first-order chi connectivity index (χ1) is 25.4. The van der Waals surface area contributed by atoms with Crippen LogP contribution in [0, 0.1) is 5.92 Å². The number of benzene rings is 1. The summed E-state index contributed by atoms with van der Waals surface area (Å²) in [6.07, 6.45) is 0.302. The standard InChI is InChI=1S/C36H44F3N11O3/c1-24-5-4-8-47(18-24)19-25-13-27-28(29(14-25)36(37,38)39)20-50(34(27)52)31-16-26(35(21-53-22-35)17-32-44-42-23-46(32)2)15-30(43-31)48-9-11-49(12-10-48)33(51)6-3-7-41-45-40/h13-16,23-24H,3-12,17-22H2,1-2H3. The maximum absolute atomic E-state index is 14.7. The topological polar surface area (TPSA) is 149 Å². The Morgan fingerprint density at radius 3 is 2.55 bits per heavy atom. The number of ether oxygens (including phenoxy) is 1. The molecule has 17 heteroatoms. The molecular formula is C36H44F3N11O3. The van der Waals surface area contributed by atoms with Crippen molar-refractivity contribution in [2.45, 2.75) is 63.7 Å². The number of rotatable bonds is 11. The van der Waals surface area contributed by atoms with Crippen molar-refractivity contribution in [3.8, 4) is 0 Å². The number of alkyl halides is 3. The maximum Gasteiger partial charge on any atom is 0.416 e. The molecule has 3 fully saturated rings. The lowest BCUT2D eigenvalue weighted by Gasteiger charge is -2.43. The Morgan fingerprint density at radius 1 is 1.11 bits per heavy atom. The minimum absolute atomic E-state index is 0.0236. The lowest BCUT2D eigenvalue weighted by Crippen LogP contribution is -2.50. The third-order valence-corrected chi connectivity index (χ3v) is 11.0. The van der Waals surface area contributed by atoms with E-state index in [-0.39, 0.29) is 42.4 Å². The maximum atomic E-state index is 14.7. The second-order valence-electron chi connectivity index (χ2n) is 14.8. The number of halogens is 3. The van der Waals surface area contributed by atoms with Gasteiger partial charge in [-0.25, -0.2) is 4.98 Å². The summed E-state index contributed by atoms with van der Waals surface area (Å²) in [5, 5.41) is 11.8. The summed E-state index contributed by atoms with van der Waals surface area (Å²) in [4.78, 5) is 42.1. The van der Waals surface area contributed by atoms with Gasteiger partial charge in [0.2, 0.25) is 5.91 Å². The lowest BCUT2D eigenvalue weighted by atomic mass is 9.75. The number of likely N-dealkylation sites (tertiary alicyclic amines) is 1. The van der Waals surface area contributed by atoms with Crippen LogP contribution in [0.2, 0.25) is 0 Å². The number of anilines is 2. The summed E-state index contributed by atoms with van der Waals surface area (Å²) in [5.41, 5.74) is 8.54. The van der Waals surface area contributed by atoms with Crippen molar-refractivity contribution >= 4 is 23.5 Å². The Morgan fingerprint density at radius 2 is 1.89 bits per heavy atom. The van der Waals surface area contributed by atoms with E-state index < -0.39 is 23.1 Å². The number of nitrogens with zero attached hydrogens (tertiary/aromatic N) is 11. The van der Waals surface area contributed by atoms with Gasteiger partial charge in [-0.05, 0) is 78.2 Å². The molecule has 1 aromatic carbocycles. The quantitative estimate of drug-likeness (QED) is 0.117. The molecule has 0 N–H and O–H groups in total. The number of carbonyl (C=O) groups is 2. The molecule has 3 aromatic rings. The molecule has 2 aromatic heterocycles. The minimum atomic E-state index is -4.64.